The topological polar surface area (TPSA) is 29.5 Å². The molecule has 4 saturated carbocycles. The predicted molar refractivity (Wildman–Crippen MR) is 57.8 cm³/mol. The molecule has 27 heavy (non-hydrogen) atoms. The van der Waals surface area contributed by atoms with Crippen LogP contribution in [0.1, 0.15) is 6.42 Å². The highest BCUT2D eigenvalue weighted by Crippen LogP contribution is 2.93. The minimum absolute atomic E-state index is 0.734. The summed E-state index contributed by atoms with van der Waals surface area (Å²) in [5, 5.41) is 9.73. The van der Waals surface area contributed by atoms with Gasteiger partial charge in [0.2, 0.25) is 0 Å². The summed E-state index contributed by atoms with van der Waals surface area (Å²) < 4.78 is 164. The molecule has 0 aromatic carbocycles. The lowest BCUT2D eigenvalue weighted by Crippen LogP contribution is -2.72. The molecule has 4 aliphatic carbocycles. The molecule has 0 radical (unpaired) electrons. The van der Waals surface area contributed by atoms with Crippen molar-refractivity contribution in [3.63, 3.8) is 0 Å². The van der Waals surface area contributed by atoms with Crippen molar-refractivity contribution in [2.75, 3.05) is 0 Å². The Bertz CT molecular complexity index is 633. The van der Waals surface area contributed by atoms with E-state index in [1.54, 1.807) is 0 Å². The van der Waals surface area contributed by atoms with Crippen molar-refractivity contribution in [1.82, 2.24) is 0 Å². The quantitative estimate of drug-likeness (QED) is 0.646. The Labute approximate surface area is 141 Å². The van der Waals surface area contributed by atoms with Gasteiger partial charge in [-0.1, -0.05) is 0 Å². The normalized spacial score (nSPS) is 42.8. The van der Waals surface area contributed by atoms with Gasteiger partial charge in [0.1, 0.15) is 0 Å². The first-order valence-electron chi connectivity index (χ1n) is 7.49. The Morgan fingerprint density at radius 1 is 0.778 bits per heavy atom. The summed E-state index contributed by atoms with van der Waals surface area (Å²) in [6.45, 7) is 0. The Morgan fingerprint density at radius 2 is 1.22 bits per heavy atom. The monoisotopic (exact) mass is 424 g/mol. The van der Waals surface area contributed by atoms with Crippen LogP contribution in [0, 0.1) is 29.1 Å². The van der Waals surface area contributed by atoms with Crippen LogP contribution < -0.4 is 0 Å². The maximum Gasteiger partial charge on any atom is 0.426 e. The summed E-state index contributed by atoms with van der Waals surface area (Å²) in [5.41, 5.74) is -14.6. The molecule has 6 bridgehead atoms. The van der Waals surface area contributed by atoms with E-state index in [1.165, 1.54) is 0 Å². The van der Waals surface area contributed by atoms with Crippen molar-refractivity contribution < 1.29 is 62.5 Å². The van der Waals surface area contributed by atoms with Crippen LogP contribution in [0.3, 0.4) is 0 Å². The standard InChI is InChI=1S/C13H8F12O2/c14-10(15,16)8(11(17,18)19)6-2-1-3-4(5(2)27-8)7(3,6)9(26,12(20,21)22)13(23,24)25/h2-6,26H,1H2/t2-,3?,4?,5?,6?,7?/m0/s1. The molecule has 1 aliphatic heterocycles. The second-order valence-corrected chi connectivity index (χ2v) is 7.46. The third-order valence-electron chi connectivity index (χ3n) is 6.78. The molecular formula is C13H8F12O2. The third-order valence-corrected chi connectivity index (χ3v) is 6.78. The van der Waals surface area contributed by atoms with Crippen molar-refractivity contribution in [2.45, 2.75) is 48.4 Å². The van der Waals surface area contributed by atoms with Crippen LogP contribution in [0.4, 0.5) is 52.7 Å². The molecule has 5 fully saturated rings. The zero-order valence-corrected chi connectivity index (χ0v) is 12.5. The molecule has 156 valence electrons. The molecule has 1 N–H and O–H groups in total. The molecular weight excluding hydrogens is 416 g/mol. The zero-order chi connectivity index (χ0) is 20.8. The molecule has 1 saturated heterocycles. The Balaban J connectivity index is 1.98. The van der Waals surface area contributed by atoms with Gasteiger partial charge < -0.3 is 9.84 Å². The van der Waals surface area contributed by atoms with Crippen molar-refractivity contribution >= 4 is 0 Å². The number of alkyl halides is 12. The van der Waals surface area contributed by atoms with Gasteiger partial charge in [-0.25, -0.2) is 0 Å². The van der Waals surface area contributed by atoms with Crippen LogP contribution in [-0.4, -0.2) is 47.1 Å². The zero-order valence-electron chi connectivity index (χ0n) is 12.5. The van der Waals surface area contributed by atoms with Gasteiger partial charge in [-0.3, -0.25) is 0 Å². The Morgan fingerprint density at radius 3 is 1.56 bits per heavy atom. The summed E-state index contributed by atoms with van der Waals surface area (Å²) >= 11 is 0. The number of hydrogen-bond acceptors (Lipinski definition) is 2. The largest absolute Gasteiger partial charge is 0.426 e. The van der Waals surface area contributed by atoms with Gasteiger partial charge in [-0.2, -0.15) is 52.7 Å². The molecule has 5 unspecified atom stereocenters. The maximum absolute atomic E-state index is 13.4. The molecule has 5 rings (SSSR count). The van der Waals surface area contributed by atoms with Crippen molar-refractivity contribution in [3.05, 3.63) is 0 Å². The highest BCUT2D eigenvalue weighted by atomic mass is 19.4. The van der Waals surface area contributed by atoms with Gasteiger partial charge in [-0.15, -0.1) is 0 Å². The Hall–Kier alpha value is -0.920. The summed E-state index contributed by atoms with van der Waals surface area (Å²) in [4.78, 5) is 0. The first-order valence-corrected chi connectivity index (χ1v) is 7.49. The average Bonchev–Trinajstić information content (AvgIpc) is 2.79. The highest BCUT2D eigenvalue weighted by molar-refractivity contribution is 5.43. The van der Waals surface area contributed by atoms with Gasteiger partial charge in [0.25, 0.3) is 11.2 Å². The van der Waals surface area contributed by atoms with E-state index >= 15 is 0 Å². The molecule has 14 heteroatoms. The summed E-state index contributed by atoms with van der Waals surface area (Å²) in [6, 6.07) is 0. The summed E-state index contributed by atoms with van der Waals surface area (Å²) in [6.07, 6.45) is -28.5. The van der Waals surface area contributed by atoms with E-state index in [0.29, 0.717) is 0 Å². The lowest BCUT2D eigenvalue weighted by molar-refractivity contribution is -0.434. The highest BCUT2D eigenvalue weighted by Gasteiger charge is 3.05. The number of hydrogen-bond donors (Lipinski definition) is 1. The number of halogens is 12. The first kappa shape index (κ1) is 19.4. The van der Waals surface area contributed by atoms with Crippen LogP contribution in [0.25, 0.3) is 0 Å². The molecule has 0 spiro atoms. The predicted octanol–water partition coefficient (Wildman–Crippen LogP) is 3.99. The fraction of sp³-hybridized carbons (Fsp3) is 1.00. The van der Waals surface area contributed by atoms with Gasteiger partial charge in [0.05, 0.1) is 6.10 Å². The van der Waals surface area contributed by atoms with Crippen LogP contribution in [0.2, 0.25) is 0 Å². The van der Waals surface area contributed by atoms with E-state index in [1.807, 2.05) is 0 Å². The van der Waals surface area contributed by atoms with Crippen molar-refractivity contribution in [1.29, 1.82) is 0 Å². The summed E-state index contributed by atoms with van der Waals surface area (Å²) in [7, 11) is 0. The SMILES string of the molecule is OC(C(F)(F)F)(C(F)(F)F)C12C3C[C@H]4C(OC(C(F)(F)F)(C(F)(F)F)C41)C32. The first-order chi connectivity index (χ1) is 11.8. The molecule has 0 aromatic rings. The Kier molecular flexibility index (Phi) is 3.10. The fourth-order valence-electron chi connectivity index (χ4n) is 6.29. The van der Waals surface area contributed by atoms with E-state index in [2.05, 4.69) is 4.74 Å². The van der Waals surface area contributed by atoms with Crippen LogP contribution in [-0.2, 0) is 4.74 Å². The van der Waals surface area contributed by atoms with E-state index in [-0.39, 0.29) is 0 Å². The molecule has 2 nitrogen and oxygen atoms in total. The van der Waals surface area contributed by atoms with E-state index < -0.39 is 77.5 Å². The fourth-order valence-corrected chi connectivity index (χ4v) is 6.29. The van der Waals surface area contributed by atoms with Crippen molar-refractivity contribution in [3.8, 4) is 0 Å². The van der Waals surface area contributed by atoms with E-state index in [4.69, 9.17) is 0 Å². The number of aliphatic hydroxyl groups is 1. The molecule has 5 aliphatic rings. The molecule has 6 atom stereocenters. The molecule has 1 heterocycles. The van der Waals surface area contributed by atoms with Gasteiger partial charge in [0, 0.05) is 11.3 Å². The van der Waals surface area contributed by atoms with Crippen molar-refractivity contribution in [2.24, 2.45) is 29.1 Å². The number of ether oxygens (including phenoxy) is 1. The van der Waals surface area contributed by atoms with E-state index in [0.717, 1.165) is 0 Å². The van der Waals surface area contributed by atoms with Gasteiger partial charge in [0.15, 0.2) is 0 Å². The minimum atomic E-state index is -6.53. The van der Waals surface area contributed by atoms with Crippen LogP contribution in [0.5, 0.6) is 0 Å². The van der Waals surface area contributed by atoms with E-state index in [9.17, 15) is 57.8 Å². The lowest BCUT2D eigenvalue weighted by Gasteiger charge is -2.48. The van der Waals surface area contributed by atoms with Crippen LogP contribution >= 0.6 is 0 Å². The molecule has 0 aromatic heterocycles. The van der Waals surface area contributed by atoms with Gasteiger partial charge in [-0.05, 0) is 24.2 Å². The number of rotatable bonds is 1. The third kappa shape index (κ3) is 1.61. The second kappa shape index (κ2) is 4.31. The second-order valence-electron chi connectivity index (χ2n) is 7.46. The maximum atomic E-state index is 13.4. The molecule has 0 amide bonds. The minimum Gasteiger partial charge on any atom is -0.373 e. The smallest absolute Gasteiger partial charge is 0.373 e. The van der Waals surface area contributed by atoms with Crippen LogP contribution in [0.15, 0.2) is 0 Å². The average molecular weight is 424 g/mol. The lowest BCUT2D eigenvalue weighted by atomic mass is 9.66. The van der Waals surface area contributed by atoms with Gasteiger partial charge >= 0.3 is 24.7 Å². The summed E-state index contributed by atoms with van der Waals surface area (Å²) in [5.74, 6) is -8.71.